The predicted octanol–water partition coefficient (Wildman–Crippen LogP) is 4.74. The van der Waals surface area contributed by atoms with E-state index in [2.05, 4.69) is 43.8 Å². The van der Waals surface area contributed by atoms with Crippen molar-refractivity contribution in [2.45, 2.75) is 20.8 Å². The van der Waals surface area contributed by atoms with E-state index in [1.807, 2.05) is 26.8 Å². The third kappa shape index (κ3) is 4.37. The molecule has 0 atom stereocenters. The highest BCUT2D eigenvalue weighted by Gasteiger charge is 2.37. The molecule has 1 saturated heterocycles. The van der Waals surface area contributed by atoms with Crippen LogP contribution in [0, 0.1) is 17.4 Å². The van der Waals surface area contributed by atoms with Crippen molar-refractivity contribution in [3.63, 3.8) is 0 Å². The van der Waals surface area contributed by atoms with Gasteiger partial charge in [0, 0.05) is 0 Å². The first kappa shape index (κ1) is 21.5. The Bertz CT molecular complexity index is 1040. The number of nitrogens with zero attached hydrogens (tertiary/aromatic N) is 1. The summed E-state index contributed by atoms with van der Waals surface area (Å²) in [6, 6.07) is 8.07. The molecular formula is C21H18BrIN2O4. The molecule has 1 heterocycles. The highest BCUT2D eigenvalue weighted by molar-refractivity contribution is 14.1. The largest absolute Gasteiger partial charge is 0.492 e. The van der Waals surface area contributed by atoms with Crippen LogP contribution in [0.2, 0.25) is 0 Å². The minimum atomic E-state index is -0.761. The van der Waals surface area contributed by atoms with E-state index in [0.29, 0.717) is 28.1 Å². The van der Waals surface area contributed by atoms with Crippen LogP contribution in [0.25, 0.3) is 6.08 Å². The molecule has 0 radical (unpaired) electrons. The number of hydrogen-bond acceptors (Lipinski definition) is 4. The molecular weight excluding hydrogens is 551 g/mol. The Morgan fingerprint density at radius 3 is 2.48 bits per heavy atom. The zero-order chi connectivity index (χ0) is 21.3. The molecule has 1 aliphatic heterocycles. The van der Waals surface area contributed by atoms with Crippen LogP contribution in [-0.4, -0.2) is 24.5 Å². The third-order valence-corrected chi connectivity index (χ3v) is 5.86. The zero-order valence-corrected chi connectivity index (χ0v) is 19.8. The lowest BCUT2D eigenvalue weighted by atomic mass is 10.1. The maximum absolute atomic E-state index is 13.0. The molecule has 0 bridgehead atoms. The molecule has 0 aliphatic carbocycles. The Kier molecular flexibility index (Phi) is 6.42. The summed E-state index contributed by atoms with van der Waals surface area (Å²) in [7, 11) is 0. The van der Waals surface area contributed by atoms with Crippen molar-refractivity contribution < 1.29 is 19.1 Å². The second-order valence-electron chi connectivity index (χ2n) is 6.47. The van der Waals surface area contributed by atoms with E-state index < -0.39 is 17.8 Å². The Balaban J connectivity index is 2.02. The van der Waals surface area contributed by atoms with E-state index >= 15 is 0 Å². The van der Waals surface area contributed by atoms with Gasteiger partial charge in [-0.1, -0.05) is 6.07 Å². The number of halogens is 2. The molecule has 2 aromatic carbocycles. The van der Waals surface area contributed by atoms with Crippen molar-refractivity contribution in [3.8, 4) is 5.75 Å². The maximum Gasteiger partial charge on any atom is 0.335 e. The van der Waals surface area contributed by atoms with Gasteiger partial charge in [-0.25, -0.2) is 9.69 Å². The number of carbonyl (C=O) groups excluding carboxylic acids is 3. The maximum atomic E-state index is 13.0. The summed E-state index contributed by atoms with van der Waals surface area (Å²) < 4.78 is 7.13. The van der Waals surface area contributed by atoms with Crippen LogP contribution in [0.3, 0.4) is 0 Å². The van der Waals surface area contributed by atoms with Gasteiger partial charge in [-0.05, 0) is 106 Å². The summed E-state index contributed by atoms with van der Waals surface area (Å²) in [6.45, 7) is 6.24. The number of nitrogens with one attached hydrogen (secondary N) is 1. The van der Waals surface area contributed by atoms with Crippen LogP contribution in [0.15, 0.2) is 40.4 Å². The molecule has 0 spiro atoms. The number of hydrogen-bond donors (Lipinski definition) is 1. The summed E-state index contributed by atoms with van der Waals surface area (Å²) in [6.07, 6.45) is 1.47. The topological polar surface area (TPSA) is 75.7 Å². The van der Waals surface area contributed by atoms with Crippen LogP contribution >= 0.6 is 38.5 Å². The SMILES string of the molecule is CCOc1c(Br)cc(/C=C2\C(=O)NC(=O)N(c3ccc(C)c(C)c3)C2=O)cc1I. The van der Waals surface area contributed by atoms with Crippen LogP contribution in [0.5, 0.6) is 5.75 Å². The second-order valence-corrected chi connectivity index (χ2v) is 8.49. The number of carbonyl (C=O) groups is 3. The molecule has 0 unspecified atom stereocenters. The first-order valence-corrected chi connectivity index (χ1v) is 10.7. The van der Waals surface area contributed by atoms with E-state index in [1.165, 1.54) is 6.08 Å². The Morgan fingerprint density at radius 1 is 1.14 bits per heavy atom. The lowest BCUT2D eigenvalue weighted by molar-refractivity contribution is -0.122. The molecule has 3 rings (SSSR count). The van der Waals surface area contributed by atoms with Crippen molar-refractivity contribution in [2.24, 2.45) is 0 Å². The van der Waals surface area contributed by atoms with E-state index in [9.17, 15) is 14.4 Å². The number of benzene rings is 2. The summed E-state index contributed by atoms with van der Waals surface area (Å²) in [5.74, 6) is -0.691. The summed E-state index contributed by atoms with van der Waals surface area (Å²) in [5.41, 5.74) is 2.92. The molecule has 2 aromatic rings. The molecule has 6 nitrogen and oxygen atoms in total. The van der Waals surface area contributed by atoms with Crippen LogP contribution in [-0.2, 0) is 9.59 Å². The molecule has 29 heavy (non-hydrogen) atoms. The van der Waals surface area contributed by atoms with Gasteiger partial charge in [0.25, 0.3) is 11.8 Å². The average Bonchev–Trinajstić information content (AvgIpc) is 2.64. The summed E-state index contributed by atoms with van der Waals surface area (Å²) in [4.78, 5) is 38.7. The predicted molar refractivity (Wildman–Crippen MR) is 123 cm³/mol. The van der Waals surface area contributed by atoms with Crippen LogP contribution < -0.4 is 15.0 Å². The number of urea groups is 1. The van der Waals surface area contributed by atoms with Gasteiger partial charge in [-0.2, -0.15) is 0 Å². The number of anilines is 1. The number of aryl methyl sites for hydroxylation is 2. The first-order chi connectivity index (χ1) is 13.7. The average molecular weight is 569 g/mol. The third-order valence-electron chi connectivity index (χ3n) is 4.47. The van der Waals surface area contributed by atoms with Gasteiger partial charge in [-0.3, -0.25) is 14.9 Å². The van der Waals surface area contributed by atoms with E-state index in [4.69, 9.17) is 4.74 Å². The number of imide groups is 2. The lowest BCUT2D eigenvalue weighted by Crippen LogP contribution is -2.54. The summed E-state index contributed by atoms with van der Waals surface area (Å²) in [5, 5.41) is 2.24. The van der Waals surface area contributed by atoms with Gasteiger partial charge in [-0.15, -0.1) is 0 Å². The Morgan fingerprint density at radius 2 is 1.86 bits per heavy atom. The molecule has 1 fully saturated rings. The van der Waals surface area contributed by atoms with E-state index in [0.717, 1.165) is 19.6 Å². The fourth-order valence-corrected chi connectivity index (χ4v) is 4.64. The van der Waals surface area contributed by atoms with Crippen molar-refractivity contribution >= 4 is 68.1 Å². The number of ether oxygens (including phenoxy) is 1. The molecule has 4 amide bonds. The van der Waals surface area contributed by atoms with E-state index in [-0.39, 0.29) is 5.57 Å². The molecule has 1 N–H and O–H groups in total. The highest BCUT2D eigenvalue weighted by Crippen LogP contribution is 2.33. The minimum Gasteiger partial charge on any atom is -0.492 e. The van der Waals surface area contributed by atoms with Gasteiger partial charge in [0.15, 0.2) is 0 Å². The fourth-order valence-electron chi connectivity index (χ4n) is 2.87. The van der Waals surface area contributed by atoms with Gasteiger partial charge in [0.2, 0.25) is 0 Å². The summed E-state index contributed by atoms with van der Waals surface area (Å²) >= 11 is 5.59. The number of barbiturate groups is 1. The fraction of sp³-hybridized carbons (Fsp3) is 0.190. The quantitative estimate of drug-likeness (QED) is 0.328. The normalized spacial score (nSPS) is 15.7. The van der Waals surface area contributed by atoms with Crippen molar-refractivity contribution in [1.29, 1.82) is 0 Å². The van der Waals surface area contributed by atoms with Gasteiger partial charge < -0.3 is 4.74 Å². The lowest BCUT2D eigenvalue weighted by Gasteiger charge is -2.27. The second kappa shape index (κ2) is 8.66. The van der Waals surface area contributed by atoms with Crippen molar-refractivity contribution in [1.82, 2.24) is 5.32 Å². The molecule has 0 aromatic heterocycles. The van der Waals surface area contributed by atoms with Crippen molar-refractivity contribution in [2.75, 3.05) is 11.5 Å². The smallest absolute Gasteiger partial charge is 0.335 e. The van der Waals surface area contributed by atoms with Gasteiger partial charge in [0.1, 0.15) is 11.3 Å². The van der Waals surface area contributed by atoms with Crippen LogP contribution in [0.1, 0.15) is 23.6 Å². The molecule has 0 saturated carbocycles. The molecule has 150 valence electrons. The standard InChI is InChI=1S/C21H18BrIN2O4/c1-4-29-18-16(22)9-13(10-17(18)23)8-15-19(26)24-21(28)25(20(15)27)14-6-5-11(2)12(3)7-14/h5-10H,4H2,1-3H3,(H,24,26,28)/b15-8+. The monoisotopic (exact) mass is 568 g/mol. The highest BCUT2D eigenvalue weighted by atomic mass is 127. The molecule has 1 aliphatic rings. The minimum absolute atomic E-state index is 0.116. The molecule has 8 heteroatoms. The van der Waals surface area contributed by atoms with Crippen LogP contribution in [0.4, 0.5) is 10.5 Å². The van der Waals surface area contributed by atoms with Gasteiger partial charge in [0.05, 0.1) is 20.3 Å². The number of amides is 4. The first-order valence-electron chi connectivity index (χ1n) is 8.83. The Labute approximate surface area is 190 Å². The Hall–Kier alpha value is -2.20. The van der Waals surface area contributed by atoms with Crippen molar-refractivity contribution in [3.05, 3.63) is 60.6 Å². The van der Waals surface area contributed by atoms with Gasteiger partial charge >= 0.3 is 6.03 Å². The number of rotatable bonds is 4. The van der Waals surface area contributed by atoms with E-state index in [1.54, 1.807) is 24.3 Å². The zero-order valence-electron chi connectivity index (χ0n) is 16.0.